The summed E-state index contributed by atoms with van der Waals surface area (Å²) >= 11 is 0. The Morgan fingerprint density at radius 1 is 1.20 bits per heavy atom. The topological polar surface area (TPSA) is 110 Å². The molecule has 8 nitrogen and oxygen atoms in total. The SMILES string of the molecule is CCOn1c(O)c(C)c(C(=O)[C@@H](NC(=O)OC(C)(C)C)C(C)C)c1O. The van der Waals surface area contributed by atoms with E-state index in [9.17, 15) is 19.8 Å². The molecule has 0 unspecified atom stereocenters. The van der Waals surface area contributed by atoms with Gasteiger partial charge in [0.1, 0.15) is 12.2 Å². The van der Waals surface area contributed by atoms with Gasteiger partial charge in [0.25, 0.3) is 0 Å². The molecule has 1 aromatic rings. The Morgan fingerprint density at radius 3 is 2.20 bits per heavy atom. The monoisotopic (exact) mass is 356 g/mol. The van der Waals surface area contributed by atoms with E-state index in [4.69, 9.17) is 9.57 Å². The number of carbonyl (C=O) groups is 2. The lowest BCUT2D eigenvalue weighted by molar-refractivity contribution is 0.0474. The van der Waals surface area contributed by atoms with Crippen LogP contribution in [0.1, 0.15) is 57.5 Å². The molecule has 0 fully saturated rings. The number of hydrogen-bond acceptors (Lipinski definition) is 6. The molecule has 142 valence electrons. The third kappa shape index (κ3) is 4.80. The van der Waals surface area contributed by atoms with Crippen LogP contribution in [0.4, 0.5) is 4.79 Å². The average molecular weight is 356 g/mol. The summed E-state index contributed by atoms with van der Waals surface area (Å²) in [7, 11) is 0. The van der Waals surface area contributed by atoms with Gasteiger partial charge in [-0.2, -0.15) is 0 Å². The van der Waals surface area contributed by atoms with Gasteiger partial charge in [-0.1, -0.05) is 13.8 Å². The predicted molar refractivity (Wildman–Crippen MR) is 91.9 cm³/mol. The Balaban J connectivity index is 3.17. The van der Waals surface area contributed by atoms with E-state index in [2.05, 4.69) is 5.32 Å². The molecule has 1 heterocycles. The number of amides is 1. The lowest BCUT2D eigenvalue weighted by atomic mass is 9.94. The lowest BCUT2D eigenvalue weighted by Gasteiger charge is -2.25. The van der Waals surface area contributed by atoms with Crippen LogP contribution in [0.25, 0.3) is 0 Å². The molecule has 0 saturated carbocycles. The van der Waals surface area contributed by atoms with Crippen LogP contribution in [0.3, 0.4) is 0 Å². The van der Waals surface area contributed by atoms with Crippen LogP contribution >= 0.6 is 0 Å². The molecular weight excluding hydrogens is 328 g/mol. The molecule has 1 atom stereocenters. The van der Waals surface area contributed by atoms with Crippen molar-refractivity contribution in [2.75, 3.05) is 6.61 Å². The van der Waals surface area contributed by atoms with Gasteiger partial charge in [-0.15, -0.1) is 4.73 Å². The van der Waals surface area contributed by atoms with Crippen molar-refractivity contribution >= 4 is 11.9 Å². The molecule has 0 saturated heterocycles. The number of nitrogens with zero attached hydrogens (tertiary/aromatic N) is 1. The normalized spacial score (nSPS) is 12.8. The molecule has 0 spiro atoms. The first-order chi connectivity index (χ1) is 11.4. The van der Waals surface area contributed by atoms with Crippen molar-refractivity contribution in [3.63, 3.8) is 0 Å². The summed E-state index contributed by atoms with van der Waals surface area (Å²) in [6.45, 7) is 12.0. The Kier molecular flexibility index (Phi) is 6.34. The number of nitrogens with one attached hydrogen (secondary N) is 1. The first-order valence-electron chi connectivity index (χ1n) is 8.20. The molecule has 0 bridgehead atoms. The van der Waals surface area contributed by atoms with Crippen molar-refractivity contribution in [1.29, 1.82) is 0 Å². The summed E-state index contributed by atoms with van der Waals surface area (Å²) in [4.78, 5) is 30.0. The van der Waals surface area contributed by atoms with Gasteiger partial charge in [0.2, 0.25) is 11.8 Å². The fourth-order valence-corrected chi connectivity index (χ4v) is 2.31. The van der Waals surface area contributed by atoms with Crippen molar-refractivity contribution in [1.82, 2.24) is 10.0 Å². The molecule has 3 N–H and O–H groups in total. The number of rotatable bonds is 6. The number of ether oxygens (including phenoxy) is 1. The number of hydrogen-bond donors (Lipinski definition) is 3. The van der Waals surface area contributed by atoms with Gasteiger partial charge in [0, 0.05) is 5.56 Å². The minimum atomic E-state index is -0.934. The molecule has 25 heavy (non-hydrogen) atoms. The van der Waals surface area contributed by atoms with Crippen molar-refractivity contribution in [3.8, 4) is 11.8 Å². The maximum Gasteiger partial charge on any atom is 0.408 e. The smallest absolute Gasteiger partial charge is 0.408 e. The van der Waals surface area contributed by atoms with Crippen LogP contribution in [-0.4, -0.2) is 45.1 Å². The Labute approximate surface area is 147 Å². The minimum absolute atomic E-state index is 0.0966. The number of alkyl carbamates (subject to hydrolysis) is 1. The highest BCUT2D eigenvalue weighted by Crippen LogP contribution is 2.33. The van der Waals surface area contributed by atoms with E-state index < -0.39 is 29.4 Å². The standard InChI is InChI=1S/C17H28N2O6/c1-8-24-19-14(21)10(4)11(15(19)22)13(20)12(9(2)3)18-16(23)25-17(5,6)7/h9,12,21-22H,8H2,1-7H3,(H,18,23)/t12-/m0/s1. The highest BCUT2D eigenvalue weighted by Gasteiger charge is 2.34. The van der Waals surface area contributed by atoms with Crippen LogP contribution < -0.4 is 10.2 Å². The molecule has 8 heteroatoms. The fourth-order valence-electron chi connectivity index (χ4n) is 2.31. The average Bonchev–Trinajstić information content (AvgIpc) is 2.66. The van der Waals surface area contributed by atoms with Gasteiger partial charge in [0.05, 0.1) is 11.6 Å². The largest absolute Gasteiger partial charge is 0.492 e. The van der Waals surface area contributed by atoms with Crippen LogP contribution in [0.15, 0.2) is 0 Å². The summed E-state index contributed by atoms with van der Waals surface area (Å²) in [5.41, 5.74) is -0.628. The summed E-state index contributed by atoms with van der Waals surface area (Å²) in [6, 6.07) is -0.934. The van der Waals surface area contributed by atoms with E-state index in [0.717, 1.165) is 4.73 Å². The molecule has 0 aromatic carbocycles. The van der Waals surface area contributed by atoms with Crippen molar-refractivity contribution < 1.29 is 29.4 Å². The van der Waals surface area contributed by atoms with Gasteiger partial charge >= 0.3 is 6.09 Å². The van der Waals surface area contributed by atoms with E-state index >= 15 is 0 Å². The lowest BCUT2D eigenvalue weighted by Crippen LogP contribution is -2.46. The van der Waals surface area contributed by atoms with Gasteiger partial charge in [-0.05, 0) is 40.5 Å². The van der Waals surface area contributed by atoms with Crippen molar-refractivity contribution in [2.24, 2.45) is 5.92 Å². The molecule has 1 amide bonds. The first-order valence-corrected chi connectivity index (χ1v) is 8.20. The second-order valence-electron chi connectivity index (χ2n) is 7.09. The van der Waals surface area contributed by atoms with E-state index in [-0.39, 0.29) is 29.5 Å². The summed E-state index contributed by atoms with van der Waals surface area (Å²) in [5.74, 6) is -1.66. The highest BCUT2D eigenvalue weighted by molar-refractivity contribution is 6.05. The predicted octanol–water partition coefficient (Wildman–Crippen LogP) is 2.39. The fraction of sp³-hybridized carbons (Fsp3) is 0.647. The third-order valence-electron chi connectivity index (χ3n) is 3.44. The molecule has 0 aliphatic carbocycles. The molecule has 1 rings (SSSR count). The Morgan fingerprint density at radius 2 is 1.76 bits per heavy atom. The zero-order chi connectivity index (χ0) is 19.5. The second-order valence-corrected chi connectivity index (χ2v) is 7.09. The van der Waals surface area contributed by atoms with Gasteiger partial charge in [-0.3, -0.25) is 4.79 Å². The minimum Gasteiger partial charge on any atom is -0.492 e. The number of ketones is 1. The van der Waals surface area contributed by atoms with Crippen LogP contribution in [0.2, 0.25) is 0 Å². The zero-order valence-corrected chi connectivity index (χ0v) is 15.8. The van der Waals surface area contributed by atoms with Crippen LogP contribution in [0.5, 0.6) is 11.8 Å². The molecule has 0 aliphatic heterocycles. The quantitative estimate of drug-likeness (QED) is 0.675. The van der Waals surface area contributed by atoms with Gasteiger partial charge in [-0.25, -0.2) is 4.79 Å². The van der Waals surface area contributed by atoms with Crippen molar-refractivity contribution in [3.05, 3.63) is 11.1 Å². The maximum atomic E-state index is 12.9. The summed E-state index contributed by atoms with van der Waals surface area (Å²) < 4.78 is 5.99. The zero-order valence-electron chi connectivity index (χ0n) is 15.8. The van der Waals surface area contributed by atoms with Gasteiger partial charge in [0.15, 0.2) is 5.78 Å². The highest BCUT2D eigenvalue weighted by atomic mass is 16.7. The maximum absolute atomic E-state index is 12.9. The Bertz CT molecular complexity index is 643. The molecule has 1 aromatic heterocycles. The third-order valence-corrected chi connectivity index (χ3v) is 3.44. The van der Waals surface area contributed by atoms with E-state index in [1.54, 1.807) is 41.5 Å². The van der Waals surface area contributed by atoms with Crippen molar-refractivity contribution in [2.45, 2.75) is 60.1 Å². The molecular formula is C17H28N2O6. The van der Waals surface area contributed by atoms with Crippen LogP contribution in [-0.2, 0) is 4.74 Å². The Hall–Kier alpha value is -2.38. The second kappa shape index (κ2) is 7.67. The first kappa shape index (κ1) is 20.7. The molecule has 0 aliphatic rings. The molecule has 0 radical (unpaired) electrons. The van der Waals surface area contributed by atoms with E-state index in [0.29, 0.717) is 0 Å². The number of Topliss-reactive ketones (excluding diaryl/α,β-unsaturated/α-hetero) is 1. The van der Waals surface area contributed by atoms with Gasteiger partial charge < -0.3 is 25.1 Å². The number of aromatic nitrogens is 1. The summed E-state index contributed by atoms with van der Waals surface area (Å²) in [5, 5.41) is 22.8. The van der Waals surface area contributed by atoms with Crippen LogP contribution in [0, 0.1) is 12.8 Å². The number of carbonyl (C=O) groups excluding carboxylic acids is 2. The van der Waals surface area contributed by atoms with E-state index in [1.165, 1.54) is 6.92 Å². The summed E-state index contributed by atoms with van der Waals surface area (Å²) in [6.07, 6.45) is -0.731. The van der Waals surface area contributed by atoms with E-state index in [1.807, 2.05) is 0 Å². The number of aromatic hydroxyl groups is 2.